The fraction of sp³-hybridized carbons (Fsp3) is 1.00. The summed E-state index contributed by atoms with van der Waals surface area (Å²) in [5, 5.41) is 0. The summed E-state index contributed by atoms with van der Waals surface area (Å²) >= 11 is -4.80. The van der Waals surface area contributed by atoms with E-state index in [0.717, 1.165) is 0 Å². The molecule has 11 heavy (non-hydrogen) atoms. The van der Waals surface area contributed by atoms with Crippen LogP contribution in [-0.4, -0.2) is 19.3 Å². The number of hydrogen-bond acceptors (Lipinski definition) is 1. The third-order valence-corrected chi connectivity index (χ3v) is 1.72. The second-order valence-corrected chi connectivity index (χ2v) is 3.89. The predicted octanol–water partition coefficient (Wildman–Crippen LogP) is 3.10. The number of halogens is 3. The van der Waals surface area contributed by atoms with Crippen molar-refractivity contribution < 1.29 is 16.3 Å². The molecule has 6 heteroatoms. The first kappa shape index (κ1) is 11.2. The maximum atomic E-state index is 11.6. The average Bonchev–Trinajstić information content (AvgIpc) is 1.78. The minimum absolute atomic E-state index is 0.0261. The van der Waals surface area contributed by atoms with Crippen LogP contribution in [0.2, 0.25) is 13.6 Å². The Morgan fingerprint density at radius 3 is 2.18 bits per heavy atom. The lowest BCUT2D eigenvalue weighted by Gasteiger charge is -2.09. The van der Waals surface area contributed by atoms with E-state index in [1.807, 2.05) is 0 Å². The van der Waals surface area contributed by atoms with Crippen LogP contribution in [0.1, 0.15) is 6.42 Å². The highest BCUT2D eigenvalue weighted by molar-refractivity contribution is 8.20. The Kier molecular flexibility index (Phi) is 5.00. The summed E-state index contributed by atoms with van der Waals surface area (Å²) in [7, 11) is 0. The van der Waals surface area contributed by atoms with Crippen molar-refractivity contribution >= 4 is 18.1 Å². The van der Waals surface area contributed by atoms with Crippen LogP contribution in [0.4, 0.5) is 11.7 Å². The molecule has 0 bridgehead atoms. The molecule has 0 heterocycles. The molecule has 0 atom stereocenters. The first-order valence-corrected chi connectivity index (χ1v) is 4.93. The van der Waals surface area contributed by atoms with Gasteiger partial charge in [-0.2, -0.15) is 0 Å². The van der Waals surface area contributed by atoms with Gasteiger partial charge in [0.1, 0.15) is 0 Å². The molecule has 0 aliphatic heterocycles. The van der Waals surface area contributed by atoms with Crippen molar-refractivity contribution in [3.63, 3.8) is 0 Å². The van der Waals surface area contributed by atoms with Crippen LogP contribution in [0.5, 0.6) is 0 Å². The molecular formula is C5H12BF3OS. The molecule has 0 spiro atoms. The molecule has 0 aliphatic carbocycles. The SMILES string of the molecule is CB(C)OCCCS(F)(F)F. The lowest BCUT2D eigenvalue weighted by molar-refractivity contribution is 0.325. The zero-order chi connectivity index (χ0) is 8.91. The Morgan fingerprint density at radius 2 is 1.82 bits per heavy atom. The lowest BCUT2D eigenvalue weighted by atomic mass is 9.75. The van der Waals surface area contributed by atoms with Crippen LogP contribution in [-0.2, 0) is 4.65 Å². The van der Waals surface area contributed by atoms with E-state index in [4.69, 9.17) is 4.65 Å². The molecule has 0 aromatic heterocycles. The predicted molar refractivity (Wildman–Crippen MR) is 43.8 cm³/mol. The summed E-state index contributed by atoms with van der Waals surface area (Å²) in [6.45, 7) is 3.85. The van der Waals surface area contributed by atoms with Gasteiger partial charge in [0.05, 0.1) is 5.75 Å². The van der Waals surface area contributed by atoms with Crippen LogP contribution in [0.15, 0.2) is 0 Å². The molecule has 0 aromatic carbocycles. The zero-order valence-electron chi connectivity index (χ0n) is 6.65. The van der Waals surface area contributed by atoms with Crippen molar-refractivity contribution in [2.75, 3.05) is 12.4 Å². The van der Waals surface area contributed by atoms with Crippen LogP contribution in [0.25, 0.3) is 0 Å². The highest BCUT2D eigenvalue weighted by Crippen LogP contribution is 2.53. The van der Waals surface area contributed by atoms with Gasteiger partial charge in [0.25, 0.3) is 6.92 Å². The summed E-state index contributed by atoms with van der Waals surface area (Å²) in [5.41, 5.74) is 0. The molecule has 0 fully saturated rings. The van der Waals surface area contributed by atoms with Gasteiger partial charge in [0.2, 0.25) is 11.2 Å². The molecule has 0 rings (SSSR count). The van der Waals surface area contributed by atoms with E-state index in [2.05, 4.69) is 0 Å². The Hall–Kier alpha value is 0.165. The maximum Gasteiger partial charge on any atom is 0.286 e. The highest BCUT2D eigenvalue weighted by atomic mass is 32.3. The van der Waals surface area contributed by atoms with Gasteiger partial charge in [0, 0.05) is 6.61 Å². The van der Waals surface area contributed by atoms with E-state index in [9.17, 15) is 11.7 Å². The Morgan fingerprint density at radius 1 is 1.27 bits per heavy atom. The smallest absolute Gasteiger partial charge is 0.286 e. The molecule has 0 saturated carbocycles. The number of hydrogen-bond donors (Lipinski definition) is 0. The van der Waals surface area contributed by atoms with E-state index in [1.54, 1.807) is 13.6 Å². The van der Waals surface area contributed by atoms with Gasteiger partial charge in [-0.25, -0.2) is 0 Å². The molecule has 0 saturated heterocycles. The van der Waals surface area contributed by atoms with Crippen LogP contribution in [0, 0.1) is 0 Å². The zero-order valence-corrected chi connectivity index (χ0v) is 7.47. The minimum Gasteiger partial charge on any atom is -0.436 e. The van der Waals surface area contributed by atoms with Gasteiger partial charge >= 0.3 is 0 Å². The molecule has 0 aromatic rings. The minimum atomic E-state index is -4.80. The fourth-order valence-corrected chi connectivity index (χ4v) is 0.987. The van der Waals surface area contributed by atoms with E-state index in [0.29, 0.717) is 0 Å². The standard InChI is InChI=1S/C5H12BF3OS/c1-6(2)10-4-3-5-11(7,8)9/h3-5H2,1-2H3. The van der Waals surface area contributed by atoms with Crippen molar-refractivity contribution in [2.45, 2.75) is 20.1 Å². The monoisotopic (exact) mass is 188 g/mol. The Balaban J connectivity index is 3.15. The van der Waals surface area contributed by atoms with Gasteiger partial charge in [-0.3, -0.25) is 0 Å². The van der Waals surface area contributed by atoms with Crippen molar-refractivity contribution in [2.24, 2.45) is 0 Å². The molecule has 1 nitrogen and oxygen atoms in total. The van der Waals surface area contributed by atoms with Crippen LogP contribution in [0.3, 0.4) is 0 Å². The fourth-order valence-electron chi connectivity index (χ4n) is 0.542. The van der Waals surface area contributed by atoms with Gasteiger partial charge in [-0.1, -0.05) is 13.6 Å². The second kappa shape index (κ2) is 4.93. The van der Waals surface area contributed by atoms with Crippen LogP contribution < -0.4 is 0 Å². The van der Waals surface area contributed by atoms with Gasteiger partial charge in [-0.05, 0) is 6.42 Å². The highest BCUT2D eigenvalue weighted by Gasteiger charge is 2.19. The molecule has 68 valence electrons. The Bertz CT molecular complexity index is 106. The van der Waals surface area contributed by atoms with Gasteiger partial charge < -0.3 is 4.65 Å². The summed E-state index contributed by atoms with van der Waals surface area (Å²) in [6, 6.07) is 0. The normalized spacial score (nSPS) is 13.2. The largest absolute Gasteiger partial charge is 0.436 e. The quantitative estimate of drug-likeness (QED) is 0.475. The summed E-state index contributed by atoms with van der Waals surface area (Å²) < 4.78 is 39.8. The third-order valence-electron chi connectivity index (χ3n) is 0.971. The molecule has 0 aliphatic rings. The van der Waals surface area contributed by atoms with Gasteiger partial charge in [0.15, 0.2) is 0 Å². The van der Waals surface area contributed by atoms with E-state index in [1.165, 1.54) is 0 Å². The molecule has 0 radical (unpaired) electrons. The second-order valence-electron chi connectivity index (χ2n) is 2.48. The number of rotatable bonds is 5. The lowest BCUT2D eigenvalue weighted by Crippen LogP contribution is -2.09. The maximum absolute atomic E-state index is 11.6. The van der Waals surface area contributed by atoms with E-state index >= 15 is 0 Å². The summed E-state index contributed by atoms with van der Waals surface area (Å²) in [4.78, 5) is 0. The van der Waals surface area contributed by atoms with E-state index in [-0.39, 0.29) is 19.9 Å². The Labute approximate surface area is 67.6 Å². The summed E-state index contributed by atoms with van der Waals surface area (Å²) in [5.74, 6) is -0.667. The van der Waals surface area contributed by atoms with Crippen molar-refractivity contribution in [3.8, 4) is 0 Å². The first-order valence-electron chi connectivity index (χ1n) is 3.43. The van der Waals surface area contributed by atoms with Gasteiger partial charge in [-0.15, -0.1) is 11.7 Å². The molecule has 0 N–H and O–H groups in total. The van der Waals surface area contributed by atoms with Crippen LogP contribution >= 0.6 is 11.2 Å². The van der Waals surface area contributed by atoms with E-state index < -0.39 is 16.9 Å². The van der Waals surface area contributed by atoms with Crippen molar-refractivity contribution in [3.05, 3.63) is 0 Å². The molecule has 0 amide bonds. The third kappa shape index (κ3) is 10.2. The van der Waals surface area contributed by atoms with Crippen molar-refractivity contribution in [1.29, 1.82) is 0 Å². The topological polar surface area (TPSA) is 9.23 Å². The molecular weight excluding hydrogens is 176 g/mol. The molecule has 0 unspecified atom stereocenters. The first-order chi connectivity index (χ1) is 4.92. The summed E-state index contributed by atoms with van der Waals surface area (Å²) in [6.07, 6.45) is 0.0943. The average molecular weight is 188 g/mol. The van der Waals surface area contributed by atoms with Crippen molar-refractivity contribution in [1.82, 2.24) is 0 Å².